The van der Waals surface area contributed by atoms with Crippen molar-refractivity contribution in [3.63, 3.8) is 0 Å². The number of esters is 2. The number of hydrogen-bond acceptors (Lipinski definition) is 6. The minimum Gasteiger partial charge on any atom is -0.462 e. The van der Waals surface area contributed by atoms with E-state index in [9.17, 15) is 14.4 Å². The summed E-state index contributed by atoms with van der Waals surface area (Å²) in [6.07, 6.45) is -1.38. The van der Waals surface area contributed by atoms with Gasteiger partial charge in [0.15, 0.2) is 0 Å². The van der Waals surface area contributed by atoms with Gasteiger partial charge in [0, 0.05) is 18.8 Å². The van der Waals surface area contributed by atoms with Crippen molar-refractivity contribution in [1.29, 1.82) is 0 Å². The van der Waals surface area contributed by atoms with Crippen molar-refractivity contribution in [3.05, 3.63) is 95.6 Å². The van der Waals surface area contributed by atoms with Crippen LogP contribution in [-0.2, 0) is 30.4 Å². The van der Waals surface area contributed by atoms with Gasteiger partial charge in [0.1, 0.15) is 25.4 Å². The molecule has 0 saturated heterocycles. The highest BCUT2D eigenvalue weighted by atomic mass is 16.6. The van der Waals surface area contributed by atoms with E-state index < -0.39 is 36.1 Å². The zero-order chi connectivity index (χ0) is 26.4. The van der Waals surface area contributed by atoms with Crippen LogP contribution in [0.1, 0.15) is 43.4 Å². The second-order valence-electron chi connectivity index (χ2n) is 9.21. The van der Waals surface area contributed by atoms with E-state index in [4.69, 9.17) is 14.2 Å². The molecule has 1 aliphatic rings. The molecule has 1 N–H and O–H groups in total. The predicted octanol–water partition coefficient (Wildman–Crippen LogP) is 5.22. The van der Waals surface area contributed by atoms with Gasteiger partial charge in [0.25, 0.3) is 0 Å². The number of ether oxygens (including phenoxy) is 3. The van der Waals surface area contributed by atoms with Gasteiger partial charge in [-0.2, -0.15) is 0 Å². The Hall–Kier alpha value is -4.13. The standard InChI is InChI=1S/C30H31NO6/c1-19(20(2)37-21(3)32)28(29(33)35-17-22-11-5-4-6-12-22)31-30(34)36-18-27-25-15-9-7-13-23(25)24-14-8-10-16-26(24)27/h4-16,19-20,27-28H,17-18H2,1-3H3,(H,31,34)/t19-,20-,28-/m0/s1. The van der Waals surface area contributed by atoms with Crippen LogP contribution in [0.2, 0.25) is 0 Å². The zero-order valence-corrected chi connectivity index (χ0v) is 21.2. The van der Waals surface area contributed by atoms with Crippen LogP contribution in [0.4, 0.5) is 4.79 Å². The molecule has 7 nitrogen and oxygen atoms in total. The van der Waals surface area contributed by atoms with Gasteiger partial charge in [-0.3, -0.25) is 4.79 Å². The Morgan fingerprint density at radius 3 is 1.97 bits per heavy atom. The first-order chi connectivity index (χ1) is 17.8. The zero-order valence-electron chi connectivity index (χ0n) is 21.2. The van der Waals surface area contributed by atoms with E-state index in [0.717, 1.165) is 27.8 Å². The van der Waals surface area contributed by atoms with Crippen LogP contribution >= 0.6 is 0 Å². The van der Waals surface area contributed by atoms with Crippen molar-refractivity contribution in [1.82, 2.24) is 5.32 Å². The maximum Gasteiger partial charge on any atom is 0.407 e. The van der Waals surface area contributed by atoms with E-state index in [1.165, 1.54) is 6.92 Å². The third-order valence-corrected chi connectivity index (χ3v) is 6.71. The lowest BCUT2D eigenvalue weighted by Gasteiger charge is -2.27. The molecule has 3 atom stereocenters. The highest BCUT2D eigenvalue weighted by Gasteiger charge is 2.35. The second kappa shape index (κ2) is 11.7. The van der Waals surface area contributed by atoms with Gasteiger partial charge in [0.05, 0.1) is 0 Å². The van der Waals surface area contributed by atoms with Crippen LogP contribution < -0.4 is 5.32 Å². The summed E-state index contributed by atoms with van der Waals surface area (Å²) in [6.45, 7) is 4.84. The van der Waals surface area contributed by atoms with E-state index >= 15 is 0 Å². The number of carbonyl (C=O) groups excluding carboxylic acids is 3. The summed E-state index contributed by atoms with van der Waals surface area (Å²) in [4.78, 5) is 37.4. The van der Waals surface area contributed by atoms with Crippen LogP contribution in [0, 0.1) is 5.92 Å². The molecule has 0 saturated carbocycles. The first-order valence-corrected chi connectivity index (χ1v) is 12.3. The van der Waals surface area contributed by atoms with Crippen molar-refractivity contribution >= 4 is 18.0 Å². The third-order valence-electron chi connectivity index (χ3n) is 6.71. The van der Waals surface area contributed by atoms with E-state index in [-0.39, 0.29) is 19.1 Å². The van der Waals surface area contributed by atoms with Gasteiger partial charge in [-0.1, -0.05) is 85.8 Å². The number of fused-ring (bicyclic) bond motifs is 3. The van der Waals surface area contributed by atoms with E-state index in [2.05, 4.69) is 17.4 Å². The third kappa shape index (κ3) is 6.17. The highest BCUT2D eigenvalue weighted by Crippen LogP contribution is 2.44. The summed E-state index contributed by atoms with van der Waals surface area (Å²) in [7, 11) is 0. The van der Waals surface area contributed by atoms with E-state index in [1.807, 2.05) is 66.7 Å². The monoisotopic (exact) mass is 501 g/mol. The summed E-state index contributed by atoms with van der Waals surface area (Å²) in [5, 5.41) is 2.65. The fourth-order valence-corrected chi connectivity index (χ4v) is 4.63. The Morgan fingerprint density at radius 2 is 1.38 bits per heavy atom. The molecule has 0 unspecified atom stereocenters. The quantitative estimate of drug-likeness (QED) is 0.319. The molecule has 0 fully saturated rings. The lowest BCUT2D eigenvalue weighted by atomic mass is 9.96. The van der Waals surface area contributed by atoms with Gasteiger partial charge >= 0.3 is 18.0 Å². The summed E-state index contributed by atoms with van der Waals surface area (Å²) in [5.41, 5.74) is 5.24. The molecule has 3 aromatic rings. The summed E-state index contributed by atoms with van der Waals surface area (Å²) >= 11 is 0. The minimum atomic E-state index is -1.08. The minimum absolute atomic E-state index is 0.0528. The molecule has 3 aromatic carbocycles. The molecule has 0 heterocycles. The van der Waals surface area contributed by atoms with Crippen molar-refractivity contribution in [2.75, 3.05) is 6.61 Å². The summed E-state index contributed by atoms with van der Waals surface area (Å²) in [6, 6.07) is 24.3. The summed E-state index contributed by atoms with van der Waals surface area (Å²) in [5.74, 6) is -1.78. The van der Waals surface area contributed by atoms with Gasteiger partial charge in [-0.05, 0) is 34.7 Å². The summed E-state index contributed by atoms with van der Waals surface area (Å²) < 4.78 is 16.4. The molecular weight excluding hydrogens is 470 g/mol. The van der Waals surface area contributed by atoms with Crippen LogP contribution in [0.15, 0.2) is 78.9 Å². The van der Waals surface area contributed by atoms with Gasteiger partial charge in [-0.15, -0.1) is 0 Å². The molecule has 0 aliphatic heterocycles. The Balaban J connectivity index is 1.44. The molecule has 7 heteroatoms. The van der Waals surface area contributed by atoms with Crippen LogP contribution in [0.25, 0.3) is 11.1 Å². The van der Waals surface area contributed by atoms with Crippen molar-refractivity contribution in [2.45, 2.75) is 45.4 Å². The number of amides is 1. The molecule has 0 spiro atoms. The maximum atomic E-state index is 13.0. The molecule has 0 radical (unpaired) electrons. The number of alkyl carbamates (subject to hydrolysis) is 1. The first kappa shape index (κ1) is 25.9. The van der Waals surface area contributed by atoms with Crippen molar-refractivity contribution in [2.24, 2.45) is 5.92 Å². The smallest absolute Gasteiger partial charge is 0.407 e. The fraction of sp³-hybridized carbons (Fsp3) is 0.300. The number of nitrogens with one attached hydrogen (secondary N) is 1. The number of benzene rings is 3. The average molecular weight is 502 g/mol. The largest absolute Gasteiger partial charge is 0.462 e. The number of hydrogen-bond donors (Lipinski definition) is 1. The Kier molecular flexibility index (Phi) is 8.23. The topological polar surface area (TPSA) is 90.9 Å². The maximum absolute atomic E-state index is 13.0. The van der Waals surface area contributed by atoms with Gasteiger partial charge < -0.3 is 19.5 Å². The molecule has 1 amide bonds. The first-order valence-electron chi connectivity index (χ1n) is 12.3. The predicted molar refractivity (Wildman–Crippen MR) is 139 cm³/mol. The van der Waals surface area contributed by atoms with Crippen LogP contribution in [0.5, 0.6) is 0 Å². The molecular formula is C30H31NO6. The molecule has 1 aliphatic carbocycles. The molecule has 192 valence electrons. The number of rotatable bonds is 9. The van der Waals surface area contributed by atoms with Gasteiger partial charge in [-0.25, -0.2) is 9.59 Å². The van der Waals surface area contributed by atoms with Gasteiger partial charge in [0.2, 0.25) is 0 Å². The van der Waals surface area contributed by atoms with Crippen molar-refractivity contribution < 1.29 is 28.6 Å². The molecule has 0 bridgehead atoms. The van der Waals surface area contributed by atoms with E-state index in [0.29, 0.717) is 0 Å². The Bertz CT molecular complexity index is 1210. The Labute approximate surface area is 216 Å². The molecule has 0 aromatic heterocycles. The van der Waals surface area contributed by atoms with Crippen LogP contribution in [-0.4, -0.2) is 36.8 Å². The average Bonchev–Trinajstić information content (AvgIpc) is 3.22. The van der Waals surface area contributed by atoms with E-state index in [1.54, 1.807) is 13.8 Å². The normalized spacial score (nSPS) is 14.5. The van der Waals surface area contributed by atoms with Crippen molar-refractivity contribution in [3.8, 4) is 11.1 Å². The SMILES string of the molecule is CC(=O)O[C@@H](C)[C@H](C)[C@H](NC(=O)OCC1c2ccccc2-c2ccccc21)C(=O)OCc1ccccc1. The molecule has 37 heavy (non-hydrogen) atoms. The Morgan fingerprint density at radius 1 is 0.811 bits per heavy atom. The van der Waals surface area contributed by atoms with Crippen LogP contribution in [0.3, 0.4) is 0 Å². The lowest BCUT2D eigenvalue weighted by molar-refractivity contribution is -0.155. The molecule has 4 rings (SSSR count). The lowest BCUT2D eigenvalue weighted by Crippen LogP contribution is -2.49. The fourth-order valence-electron chi connectivity index (χ4n) is 4.63. The second-order valence-corrected chi connectivity index (χ2v) is 9.21. The number of carbonyl (C=O) groups is 3. The highest BCUT2D eigenvalue weighted by molar-refractivity contribution is 5.82.